The lowest BCUT2D eigenvalue weighted by atomic mass is 9.76. The van der Waals surface area contributed by atoms with E-state index in [-0.39, 0.29) is 0 Å². The van der Waals surface area contributed by atoms with E-state index in [0.717, 1.165) is 0 Å². The summed E-state index contributed by atoms with van der Waals surface area (Å²) in [6, 6.07) is 4.08. The van der Waals surface area contributed by atoms with Crippen molar-refractivity contribution >= 4 is 11.6 Å². The Morgan fingerprint density at radius 1 is 1.27 bits per heavy atom. The predicted molar refractivity (Wildman–Crippen MR) is 61.2 cm³/mol. The van der Waals surface area contributed by atoms with Crippen molar-refractivity contribution in [3.05, 3.63) is 29.0 Å². The van der Waals surface area contributed by atoms with Gasteiger partial charge in [0.15, 0.2) is 0 Å². The lowest BCUT2D eigenvalue weighted by Gasteiger charge is -2.34. The van der Waals surface area contributed by atoms with Crippen molar-refractivity contribution in [2.45, 2.75) is 24.7 Å². The molecule has 3 heteroatoms. The summed E-state index contributed by atoms with van der Waals surface area (Å²) in [5.41, 5.74) is 1.77. The van der Waals surface area contributed by atoms with Crippen LogP contribution < -0.4 is 0 Å². The maximum absolute atomic E-state index is 5.83. The molecule has 2 aliphatic heterocycles. The third-order valence-corrected chi connectivity index (χ3v) is 4.13. The highest BCUT2D eigenvalue weighted by atomic mass is 35.5. The highest BCUT2D eigenvalue weighted by Crippen LogP contribution is 2.41. The Hall–Kier alpha value is -0.600. The number of piperidine rings is 1. The monoisotopic (exact) mass is 222 g/mol. The van der Waals surface area contributed by atoms with Crippen molar-refractivity contribution in [1.29, 1.82) is 0 Å². The molecule has 2 nitrogen and oxygen atoms in total. The van der Waals surface area contributed by atoms with Crippen molar-refractivity contribution in [3.63, 3.8) is 0 Å². The highest BCUT2D eigenvalue weighted by molar-refractivity contribution is 6.29. The molecule has 2 fully saturated rings. The summed E-state index contributed by atoms with van der Waals surface area (Å²) in [4.78, 5) is 6.78. The molecule has 0 N–H and O–H groups in total. The van der Waals surface area contributed by atoms with E-state index in [2.05, 4.69) is 16.0 Å². The fourth-order valence-corrected chi connectivity index (χ4v) is 3.18. The van der Waals surface area contributed by atoms with Crippen LogP contribution in [0.25, 0.3) is 0 Å². The van der Waals surface area contributed by atoms with Gasteiger partial charge in [-0.2, -0.15) is 0 Å². The Bertz CT molecular complexity index is 358. The molecule has 0 radical (unpaired) electrons. The highest BCUT2D eigenvalue weighted by Gasteiger charge is 2.42. The van der Waals surface area contributed by atoms with Gasteiger partial charge in [0.05, 0.1) is 0 Å². The van der Waals surface area contributed by atoms with Gasteiger partial charge < -0.3 is 4.90 Å². The molecule has 80 valence electrons. The van der Waals surface area contributed by atoms with Crippen LogP contribution in [0.3, 0.4) is 0 Å². The molecule has 2 unspecified atom stereocenters. The Morgan fingerprint density at radius 2 is 2.20 bits per heavy atom. The van der Waals surface area contributed by atoms with Gasteiger partial charge in [-0.1, -0.05) is 17.7 Å². The van der Waals surface area contributed by atoms with E-state index in [9.17, 15) is 0 Å². The number of fused-ring (bicyclic) bond motifs is 2. The van der Waals surface area contributed by atoms with Crippen molar-refractivity contribution in [2.75, 3.05) is 19.6 Å². The second-order valence-electron chi connectivity index (χ2n) is 4.78. The second kappa shape index (κ2) is 3.46. The first-order valence-corrected chi connectivity index (χ1v) is 6.01. The van der Waals surface area contributed by atoms with E-state index in [1.54, 1.807) is 0 Å². The van der Waals surface area contributed by atoms with Crippen LogP contribution >= 0.6 is 11.6 Å². The molecule has 2 saturated heterocycles. The number of hydrogen-bond donors (Lipinski definition) is 0. The second-order valence-corrected chi connectivity index (χ2v) is 5.17. The summed E-state index contributed by atoms with van der Waals surface area (Å²) < 4.78 is 0. The van der Waals surface area contributed by atoms with Crippen LogP contribution in [-0.4, -0.2) is 29.5 Å². The lowest BCUT2D eigenvalue weighted by Crippen LogP contribution is -2.36. The van der Waals surface area contributed by atoms with Crippen LogP contribution in [-0.2, 0) is 5.41 Å². The van der Waals surface area contributed by atoms with E-state index in [1.807, 2.05) is 12.3 Å². The molecule has 0 aliphatic carbocycles. The standard InChI is InChI=1S/C12H15ClN2/c13-11-3-2-10(8-14-11)12-4-1-6-15(9-12)7-5-12/h2-3,8H,1,4-7,9H2. The maximum Gasteiger partial charge on any atom is 0.129 e. The molecule has 0 spiro atoms. The molecule has 2 aliphatic rings. The smallest absolute Gasteiger partial charge is 0.129 e. The first kappa shape index (κ1) is 9.61. The molecule has 2 bridgehead atoms. The minimum absolute atomic E-state index is 0.385. The van der Waals surface area contributed by atoms with Gasteiger partial charge in [0.25, 0.3) is 0 Å². The van der Waals surface area contributed by atoms with Gasteiger partial charge in [-0.05, 0) is 44.0 Å². The van der Waals surface area contributed by atoms with Crippen LogP contribution in [0.5, 0.6) is 0 Å². The van der Waals surface area contributed by atoms with Gasteiger partial charge in [-0.15, -0.1) is 0 Å². The van der Waals surface area contributed by atoms with Gasteiger partial charge >= 0.3 is 0 Å². The molecule has 3 rings (SSSR count). The molecular formula is C12H15ClN2. The van der Waals surface area contributed by atoms with E-state index < -0.39 is 0 Å². The van der Waals surface area contributed by atoms with Crippen molar-refractivity contribution < 1.29 is 0 Å². The summed E-state index contributed by atoms with van der Waals surface area (Å²) in [6.45, 7) is 3.75. The third-order valence-electron chi connectivity index (χ3n) is 3.90. The summed E-state index contributed by atoms with van der Waals surface area (Å²) in [5.74, 6) is 0. The van der Waals surface area contributed by atoms with Crippen molar-refractivity contribution in [1.82, 2.24) is 9.88 Å². The summed E-state index contributed by atoms with van der Waals surface area (Å²) in [6.07, 6.45) is 5.89. The topological polar surface area (TPSA) is 16.1 Å². The summed E-state index contributed by atoms with van der Waals surface area (Å²) in [5, 5.41) is 0.598. The van der Waals surface area contributed by atoms with Gasteiger partial charge in [-0.25, -0.2) is 4.98 Å². The Balaban J connectivity index is 1.95. The van der Waals surface area contributed by atoms with Crippen LogP contribution in [0.2, 0.25) is 5.15 Å². The number of rotatable bonds is 1. The molecule has 0 aromatic carbocycles. The van der Waals surface area contributed by atoms with Gasteiger partial charge in [0.1, 0.15) is 5.15 Å². The van der Waals surface area contributed by atoms with E-state index >= 15 is 0 Å². The lowest BCUT2D eigenvalue weighted by molar-refractivity contribution is 0.243. The zero-order valence-corrected chi connectivity index (χ0v) is 9.50. The number of aromatic nitrogens is 1. The van der Waals surface area contributed by atoms with Crippen LogP contribution in [0.15, 0.2) is 18.3 Å². The quantitative estimate of drug-likeness (QED) is 0.679. The Kier molecular flexibility index (Phi) is 2.22. The first-order chi connectivity index (χ1) is 7.28. The largest absolute Gasteiger partial charge is 0.302 e. The normalized spacial score (nSPS) is 34.3. The molecule has 0 saturated carbocycles. The average Bonchev–Trinajstić information content (AvgIpc) is 2.56. The predicted octanol–water partition coefficient (Wildman–Crippen LogP) is 2.47. The number of halogens is 1. The average molecular weight is 223 g/mol. The minimum atomic E-state index is 0.385. The van der Waals surface area contributed by atoms with Gasteiger partial charge in [0.2, 0.25) is 0 Å². The summed E-state index contributed by atoms with van der Waals surface area (Å²) in [7, 11) is 0. The fourth-order valence-electron chi connectivity index (χ4n) is 3.06. The van der Waals surface area contributed by atoms with E-state index in [0.29, 0.717) is 10.6 Å². The first-order valence-electron chi connectivity index (χ1n) is 5.63. The Labute approximate surface area is 95.3 Å². The van der Waals surface area contributed by atoms with Crippen molar-refractivity contribution in [2.24, 2.45) is 0 Å². The minimum Gasteiger partial charge on any atom is -0.302 e. The number of nitrogens with zero attached hydrogens (tertiary/aromatic N) is 2. The molecule has 1 aromatic heterocycles. The number of hydrogen-bond acceptors (Lipinski definition) is 2. The van der Waals surface area contributed by atoms with Crippen LogP contribution in [0, 0.1) is 0 Å². The van der Waals surface area contributed by atoms with E-state index in [4.69, 9.17) is 11.6 Å². The molecule has 3 heterocycles. The Morgan fingerprint density at radius 3 is 3.00 bits per heavy atom. The van der Waals surface area contributed by atoms with Gasteiger partial charge in [-0.3, -0.25) is 0 Å². The van der Waals surface area contributed by atoms with Crippen molar-refractivity contribution in [3.8, 4) is 0 Å². The molecular weight excluding hydrogens is 208 g/mol. The zero-order chi connectivity index (χ0) is 10.3. The van der Waals surface area contributed by atoms with Crippen LogP contribution in [0.4, 0.5) is 0 Å². The summed E-state index contributed by atoms with van der Waals surface area (Å²) >= 11 is 5.83. The fraction of sp³-hybridized carbons (Fsp3) is 0.583. The maximum atomic E-state index is 5.83. The molecule has 15 heavy (non-hydrogen) atoms. The molecule has 2 atom stereocenters. The SMILES string of the molecule is Clc1ccc(C23CCCN(CC2)C3)cn1. The zero-order valence-electron chi connectivity index (χ0n) is 8.75. The molecule has 1 aromatic rings. The number of pyridine rings is 1. The molecule has 0 amide bonds. The third kappa shape index (κ3) is 1.56. The van der Waals surface area contributed by atoms with E-state index in [1.165, 1.54) is 44.5 Å². The van der Waals surface area contributed by atoms with Gasteiger partial charge in [0, 0.05) is 18.2 Å². The van der Waals surface area contributed by atoms with Crippen LogP contribution in [0.1, 0.15) is 24.8 Å².